The second kappa shape index (κ2) is 6.47. The van der Waals surface area contributed by atoms with Crippen molar-refractivity contribution < 1.29 is 8.42 Å². The van der Waals surface area contributed by atoms with Crippen LogP contribution >= 0.6 is 43.6 Å². The fourth-order valence-electron chi connectivity index (χ4n) is 2.13. The molecule has 3 nitrogen and oxygen atoms in total. The molecule has 19 heavy (non-hydrogen) atoms. The molecule has 106 valence electrons. The lowest BCUT2D eigenvalue weighted by Gasteiger charge is -2.30. The molecule has 0 N–H and O–H groups in total. The summed E-state index contributed by atoms with van der Waals surface area (Å²) in [4.78, 5) is 0.346. The van der Waals surface area contributed by atoms with E-state index < -0.39 is 10.0 Å². The van der Waals surface area contributed by atoms with Crippen LogP contribution in [0.4, 0.5) is 0 Å². The molecule has 2 rings (SSSR count). The van der Waals surface area contributed by atoms with Gasteiger partial charge in [0, 0.05) is 27.3 Å². The molecule has 0 amide bonds. The number of sulfonamides is 1. The maximum Gasteiger partial charge on any atom is 0.244 e. The zero-order valence-electron chi connectivity index (χ0n) is 10.5. The van der Waals surface area contributed by atoms with Crippen molar-refractivity contribution in [1.82, 2.24) is 4.31 Å². The average Bonchev–Trinajstić information content (AvgIpc) is 2.38. The van der Waals surface area contributed by atoms with E-state index in [9.17, 15) is 8.42 Å². The number of thioether (sulfide) groups is 1. The number of hydrogen-bond acceptors (Lipinski definition) is 3. The zero-order valence-corrected chi connectivity index (χ0v) is 15.3. The molecule has 7 heteroatoms. The Morgan fingerprint density at radius 1 is 1.26 bits per heavy atom. The molecule has 0 radical (unpaired) electrons. The van der Waals surface area contributed by atoms with E-state index in [0.29, 0.717) is 27.7 Å². The average molecular weight is 429 g/mol. The largest absolute Gasteiger partial charge is 0.244 e. The summed E-state index contributed by atoms with van der Waals surface area (Å²) >= 11 is 8.49. The van der Waals surface area contributed by atoms with Gasteiger partial charge in [0.15, 0.2) is 0 Å². The SMILES string of the molecule is CSC1CCN(S(=O)(=O)c2ccc(Br)cc2Br)CC1. The molecule has 0 unspecified atom stereocenters. The van der Waals surface area contributed by atoms with Gasteiger partial charge in [0.25, 0.3) is 0 Å². The molecule has 1 fully saturated rings. The third-order valence-electron chi connectivity index (χ3n) is 3.25. The van der Waals surface area contributed by atoms with E-state index in [0.717, 1.165) is 17.3 Å². The minimum Gasteiger partial charge on any atom is -0.207 e. The summed E-state index contributed by atoms with van der Waals surface area (Å²) in [6.45, 7) is 1.21. The van der Waals surface area contributed by atoms with Crippen LogP contribution in [0.2, 0.25) is 0 Å². The van der Waals surface area contributed by atoms with E-state index in [-0.39, 0.29) is 0 Å². The summed E-state index contributed by atoms with van der Waals surface area (Å²) in [7, 11) is -3.38. The molecule has 0 aliphatic carbocycles. The van der Waals surface area contributed by atoms with E-state index in [2.05, 4.69) is 38.1 Å². The van der Waals surface area contributed by atoms with E-state index in [1.807, 2.05) is 11.8 Å². The first-order valence-corrected chi connectivity index (χ1v) is 10.2. The fourth-order valence-corrected chi connectivity index (χ4v) is 5.99. The molecule has 1 aromatic carbocycles. The Labute approximate surface area is 135 Å². The van der Waals surface area contributed by atoms with Crippen LogP contribution in [0.3, 0.4) is 0 Å². The lowest BCUT2D eigenvalue weighted by molar-refractivity contribution is 0.352. The van der Waals surface area contributed by atoms with Gasteiger partial charge in [-0.15, -0.1) is 0 Å². The van der Waals surface area contributed by atoms with Crippen LogP contribution in [0.5, 0.6) is 0 Å². The predicted octanol–water partition coefficient (Wildman–Crippen LogP) is 3.73. The van der Waals surface area contributed by atoms with Crippen molar-refractivity contribution in [3.05, 3.63) is 27.1 Å². The highest BCUT2D eigenvalue weighted by Gasteiger charge is 2.30. The van der Waals surface area contributed by atoms with E-state index in [1.54, 1.807) is 22.5 Å². The maximum atomic E-state index is 12.6. The topological polar surface area (TPSA) is 37.4 Å². The minimum atomic E-state index is -3.38. The molecule has 1 heterocycles. The van der Waals surface area contributed by atoms with Crippen LogP contribution in [0, 0.1) is 0 Å². The van der Waals surface area contributed by atoms with Gasteiger partial charge < -0.3 is 0 Å². The van der Waals surface area contributed by atoms with E-state index in [1.165, 1.54) is 0 Å². The number of piperidine rings is 1. The van der Waals surface area contributed by atoms with Crippen molar-refractivity contribution >= 4 is 53.6 Å². The van der Waals surface area contributed by atoms with Gasteiger partial charge >= 0.3 is 0 Å². The van der Waals surface area contributed by atoms with Gasteiger partial charge in [-0.2, -0.15) is 16.1 Å². The van der Waals surface area contributed by atoms with E-state index >= 15 is 0 Å². The lowest BCUT2D eigenvalue weighted by atomic mass is 10.2. The van der Waals surface area contributed by atoms with Gasteiger partial charge in [-0.25, -0.2) is 8.42 Å². The van der Waals surface area contributed by atoms with Gasteiger partial charge in [0.2, 0.25) is 10.0 Å². The number of rotatable bonds is 3. The van der Waals surface area contributed by atoms with Crippen molar-refractivity contribution in [2.75, 3.05) is 19.3 Å². The Morgan fingerprint density at radius 3 is 2.42 bits per heavy atom. The second-order valence-electron chi connectivity index (χ2n) is 4.41. The second-order valence-corrected chi connectivity index (χ2v) is 9.23. The molecule has 1 aromatic rings. The highest BCUT2D eigenvalue weighted by Crippen LogP contribution is 2.30. The summed E-state index contributed by atoms with van der Waals surface area (Å²) in [5.41, 5.74) is 0. The molecule has 0 bridgehead atoms. The predicted molar refractivity (Wildman–Crippen MR) is 87.1 cm³/mol. The molecule has 0 aromatic heterocycles. The number of nitrogens with zero attached hydrogens (tertiary/aromatic N) is 1. The zero-order chi connectivity index (χ0) is 14.0. The van der Waals surface area contributed by atoms with Crippen molar-refractivity contribution in [2.45, 2.75) is 23.0 Å². The summed E-state index contributed by atoms with van der Waals surface area (Å²) in [6.07, 6.45) is 3.93. The van der Waals surface area contributed by atoms with Crippen molar-refractivity contribution in [3.8, 4) is 0 Å². The Morgan fingerprint density at radius 2 is 1.89 bits per heavy atom. The first kappa shape index (κ1) is 15.8. The van der Waals surface area contributed by atoms with Crippen LogP contribution in [-0.4, -0.2) is 37.3 Å². The first-order chi connectivity index (χ1) is 8.95. The maximum absolute atomic E-state index is 12.6. The van der Waals surface area contributed by atoms with Gasteiger partial charge in [-0.05, 0) is 53.2 Å². The van der Waals surface area contributed by atoms with Crippen LogP contribution in [0.25, 0.3) is 0 Å². The number of benzene rings is 1. The minimum absolute atomic E-state index is 0.346. The molecule has 0 saturated carbocycles. The van der Waals surface area contributed by atoms with Gasteiger partial charge in [-0.1, -0.05) is 15.9 Å². The highest BCUT2D eigenvalue weighted by molar-refractivity contribution is 9.11. The number of halogens is 2. The summed E-state index contributed by atoms with van der Waals surface area (Å²) in [5.74, 6) is 0. The Kier molecular flexibility index (Phi) is 5.39. The third-order valence-corrected chi connectivity index (χ3v) is 7.75. The molecule has 1 aliphatic rings. The van der Waals surface area contributed by atoms with E-state index in [4.69, 9.17) is 0 Å². The third kappa shape index (κ3) is 3.56. The Bertz CT molecular complexity index is 555. The quantitative estimate of drug-likeness (QED) is 0.735. The molecular weight excluding hydrogens is 414 g/mol. The van der Waals surface area contributed by atoms with Crippen LogP contribution in [0.1, 0.15) is 12.8 Å². The molecule has 1 saturated heterocycles. The van der Waals surface area contributed by atoms with Gasteiger partial charge in [0.1, 0.15) is 0 Å². The standard InChI is InChI=1S/C12H15Br2NO2S2/c1-18-10-4-6-15(7-5-10)19(16,17)12-3-2-9(13)8-11(12)14/h2-3,8,10H,4-7H2,1H3. The normalized spacial score (nSPS) is 18.7. The summed E-state index contributed by atoms with van der Waals surface area (Å²) in [6, 6.07) is 5.16. The Hall–Kier alpha value is 0.440. The summed E-state index contributed by atoms with van der Waals surface area (Å²) in [5, 5.41) is 0.583. The molecule has 1 aliphatic heterocycles. The molecule has 0 spiro atoms. The smallest absolute Gasteiger partial charge is 0.207 e. The van der Waals surface area contributed by atoms with Crippen LogP contribution in [0.15, 0.2) is 32.0 Å². The van der Waals surface area contributed by atoms with Crippen LogP contribution in [-0.2, 0) is 10.0 Å². The van der Waals surface area contributed by atoms with Crippen LogP contribution < -0.4 is 0 Å². The lowest BCUT2D eigenvalue weighted by Crippen LogP contribution is -2.39. The number of hydrogen-bond donors (Lipinski definition) is 0. The van der Waals surface area contributed by atoms with Crippen molar-refractivity contribution in [1.29, 1.82) is 0 Å². The molecule has 0 atom stereocenters. The highest BCUT2D eigenvalue weighted by atomic mass is 79.9. The fraction of sp³-hybridized carbons (Fsp3) is 0.500. The summed E-state index contributed by atoms with van der Waals surface area (Å²) < 4.78 is 28.2. The van der Waals surface area contributed by atoms with Crippen molar-refractivity contribution in [3.63, 3.8) is 0 Å². The van der Waals surface area contributed by atoms with Gasteiger partial charge in [-0.3, -0.25) is 0 Å². The molecular formula is C12H15Br2NO2S2. The van der Waals surface area contributed by atoms with Gasteiger partial charge in [0.05, 0.1) is 4.90 Å². The first-order valence-electron chi connectivity index (χ1n) is 5.93. The van der Waals surface area contributed by atoms with Crippen molar-refractivity contribution in [2.24, 2.45) is 0 Å². The monoisotopic (exact) mass is 427 g/mol. The Balaban J connectivity index is 2.23.